The molecule has 0 aliphatic carbocycles. The first kappa shape index (κ1) is 22.8. The lowest BCUT2D eigenvalue weighted by Gasteiger charge is -2.17. The standard InChI is InChI=1S/C25H38N2S/c1-20(2)10-7-11-21(3)12-8-13-22(4)16-19-28-24-15-6-5-14-23(24)25-26-17-9-18-27-25/h5-6,10,12,14-15,22H,7-9,11,13,16-19H2,1-4H3,(H,26,27)/b21-12+. The summed E-state index contributed by atoms with van der Waals surface area (Å²) in [7, 11) is 0. The van der Waals surface area contributed by atoms with Crippen LogP contribution in [0.5, 0.6) is 0 Å². The average molecular weight is 399 g/mol. The minimum Gasteiger partial charge on any atom is -0.370 e. The molecule has 1 aliphatic rings. The Kier molecular flexibility index (Phi) is 10.5. The molecule has 1 unspecified atom stereocenters. The van der Waals surface area contributed by atoms with Gasteiger partial charge in [-0.2, -0.15) is 0 Å². The second kappa shape index (κ2) is 12.9. The molecule has 0 spiro atoms. The quantitative estimate of drug-likeness (QED) is 0.320. The fraction of sp³-hybridized carbons (Fsp3) is 0.560. The molecule has 0 bridgehead atoms. The molecule has 1 atom stereocenters. The van der Waals surface area contributed by atoms with Gasteiger partial charge in [0.15, 0.2) is 0 Å². The fourth-order valence-electron chi connectivity index (χ4n) is 3.32. The van der Waals surface area contributed by atoms with Crippen LogP contribution in [0.2, 0.25) is 0 Å². The van der Waals surface area contributed by atoms with Crippen LogP contribution in [-0.2, 0) is 0 Å². The average Bonchev–Trinajstić information content (AvgIpc) is 2.69. The third-order valence-corrected chi connectivity index (χ3v) is 6.26. The second-order valence-corrected chi connectivity index (χ2v) is 9.33. The summed E-state index contributed by atoms with van der Waals surface area (Å²) in [5.74, 6) is 3.03. The predicted molar refractivity (Wildman–Crippen MR) is 127 cm³/mol. The molecule has 0 aromatic heterocycles. The summed E-state index contributed by atoms with van der Waals surface area (Å²) in [5, 5.41) is 3.46. The smallest absolute Gasteiger partial charge is 0.129 e. The lowest BCUT2D eigenvalue weighted by atomic mass is 10.0. The van der Waals surface area contributed by atoms with Crippen LogP contribution in [0.1, 0.15) is 71.8 Å². The van der Waals surface area contributed by atoms with Crippen LogP contribution in [0.3, 0.4) is 0 Å². The third kappa shape index (κ3) is 8.68. The molecular formula is C25H38N2S. The highest BCUT2D eigenvalue weighted by Crippen LogP contribution is 2.26. The van der Waals surface area contributed by atoms with Crippen molar-refractivity contribution < 1.29 is 0 Å². The van der Waals surface area contributed by atoms with E-state index < -0.39 is 0 Å². The predicted octanol–water partition coefficient (Wildman–Crippen LogP) is 7.02. The summed E-state index contributed by atoms with van der Waals surface area (Å²) in [5.41, 5.74) is 4.23. The molecule has 1 heterocycles. The molecule has 1 aromatic rings. The normalized spacial score (nSPS) is 15.6. The van der Waals surface area contributed by atoms with Gasteiger partial charge in [0.05, 0.1) is 0 Å². The van der Waals surface area contributed by atoms with E-state index in [2.05, 4.69) is 74.4 Å². The molecule has 28 heavy (non-hydrogen) atoms. The summed E-state index contributed by atoms with van der Waals surface area (Å²) >= 11 is 1.98. The first-order valence-corrected chi connectivity index (χ1v) is 11.8. The number of nitrogens with zero attached hydrogens (tertiary/aromatic N) is 1. The number of nitrogens with one attached hydrogen (secondary N) is 1. The monoisotopic (exact) mass is 398 g/mol. The highest BCUT2D eigenvalue weighted by atomic mass is 32.2. The molecule has 154 valence electrons. The van der Waals surface area contributed by atoms with E-state index in [0.29, 0.717) is 0 Å². The zero-order valence-electron chi connectivity index (χ0n) is 18.3. The van der Waals surface area contributed by atoms with E-state index in [-0.39, 0.29) is 0 Å². The molecule has 0 saturated carbocycles. The maximum absolute atomic E-state index is 4.67. The van der Waals surface area contributed by atoms with Crippen molar-refractivity contribution in [2.24, 2.45) is 10.9 Å². The molecule has 3 heteroatoms. The van der Waals surface area contributed by atoms with Crippen LogP contribution < -0.4 is 5.32 Å². The maximum atomic E-state index is 4.67. The molecule has 1 aliphatic heterocycles. The summed E-state index contributed by atoms with van der Waals surface area (Å²) < 4.78 is 0. The van der Waals surface area contributed by atoms with Gasteiger partial charge in [-0.15, -0.1) is 11.8 Å². The summed E-state index contributed by atoms with van der Waals surface area (Å²) in [6, 6.07) is 8.70. The number of hydrogen-bond acceptors (Lipinski definition) is 3. The van der Waals surface area contributed by atoms with Crippen molar-refractivity contribution in [3.8, 4) is 0 Å². The molecule has 0 saturated heterocycles. The topological polar surface area (TPSA) is 24.4 Å². The van der Waals surface area contributed by atoms with Crippen molar-refractivity contribution >= 4 is 17.6 Å². The van der Waals surface area contributed by atoms with E-state index in [1.54, 1.807) is 0 Å². The zero-order valence-corrected chi connectivity index (χ0v) is 19.1. The van der Waals surface area contributed by atoms with Gasteiger partial charge in [0.25, 0.3) is 0 Å². The van der Waals surface area contributed by atoms with Crippen LogP contribution >= 0.6 is 11.8 Å². The van der Waals surface area contributed by atoms with Crippen molar-refractivity contribution in [1.29, 1.82) is 0 Å². The minimum absolute atomic E-state index is 0.770. The van der Waals surface area contributed by atoms with Crippen LogP contribution in [0.25, 0.3) is 0 Å². The number of aliphatic imine (C=N–C) groups is 1. The third-order valence-electron chi connectivity index (χ3n) is 5.15. The Bertz CT molecular complexity index is 684. The Balaban J connectivity index is 1.72. The Labute approximate surface area is 177 Å². The van der Waals surface area contributed by atoms with Crippen molar-refractivity contribution in [1.82, 2.24) is 5.32 Å². The maximum Gasteiger partial charge on any atom is 0.129 e. The summed E-state index contributed by atoms with van der Waals surface area (Å²) in [6.07, 6.45) is 12.1. The van der Waals surface area contributed by atoms with E-state index in [4.69, 9.17) is 0 Å². The van der Waals surface area contributed by atoms with Gasteiger partial charge in [-0.1, -0.05) is 48.4 Å². The van der Waals surface area contributed by atoms with Gasteiger partial charge in [0.2, 0.25) is 0 Å². The van der Waals surface area contributed by atoms with Gasteiger partial charge in [0.1, 0.15) is 5.84 Å². The second-order valence-electron chi connectivity index (χ2n) is 8.20. The van der Waals surface area contributed by atoms with Crippen molar-refractivity contribution in [2.45, 2.75) is 71.1 Å². The summed E-state index contributed by atoms with van der Waals surface area (Å²) in [4.78, 5) is 6.03. The molecule has 1 N–H and O–H groups in total. The Morgan fingerprint density at radius 3 is 2.71 bits per heavy atom. The van der Waals surface area contributed by atoms with E-state index in [9.17, 15) is 0 Å². The highest BCUT2D eigenvalue weighted by molar-refractivity contribution is 7.99. The van der Waals surface area contributed by atoms with E-state index in [0.717, 1.165) is 31.3 Å². The van der Waals surface area contributed by atoms with Crippen LogP contribution in [0.15, 0.2) is 57.5 Å². The first-order chi connectivity index (χ1) is 13.6. The van der Waals surface area contributed by atoms with Crippen molar-refractivity contribution in [3.05, 3.63) is 53.1 Å². The number of amidine groups is 1. The van der Waals surface area contributed by atoms with Crippen LogP contribution in [0.4, 0.5) is 0 Å². The van der Waals surface area contributed by atoms with Crippen molar-refractivity contribution in [2.75, 3.05) is 18.8 Å². The summed E-state index contributed by atoms with van der Waals surface area (Å²) in [6.45, 7) is 11.0. The number of rotatable bonds is 11. The minimum atomic E-state index is 0.770. The largest absolute Gasteiger partial charge is 0.370 e. The lowest BCUT2D eigenvalue weighted by molar-refractivity contribution is 0.525. The zero-order chi connectivity index (χ0) is 20.2. The Morgan fingerprint density at radius 2 is 1.96 bits per heavy atom. The van der Waals surface area contributed by atoms with Crippen LogP contribution in [0, 0.1) is 5.92 Å². The van der Waals surface area contributed by atoms with Crippen molar-refractivity contribution in [3.63, 3.8) is 0 Å². The molecule has 0 amide bonds. The molecule has 1 aromatic carbocycles. The number of benzene rings is 1. The van der Waals surface area contributed by atoms with Gasteiger partial charge in [-0.25, -0.2) is 0 Å². The highest BCUT2D eigenvalue weighted by Gasteiger charge is 2.12. The number of hydrogen-bond donors (Lipinski definition) is 1. The Hall–Kier alpha value is -1.48. The van der Waals surface area contributed by atoms with E-state index in [1.807, 2.05) is 11.8 Å². The Morgan fingerprint density at radius 1 is 1.14 bits per heavy atom. The number of thioether (sulfide) groups is 1. The van der Waals surface area contributed by atoms with E-state index in [1.165, 1.54) is 59.5 Å². The fourth-order valence-corrected chi connectivity index (χ4v) is 4.56. The number of allylic oxidation sites excluding steroid dienone is 4. The van der Waals surface area contributed by atoms with Crippen LogP contribution in [-0.4, -0.2) is 24.7 Å². The van der Waals surface area contributed by atoms with Gasteiger partial charge < -0.3 is 5.32 Å². The molecule has 2 nitrogen and oxygen atoms in total. The first-order valence-electron chi connectivity index (χ1n) is 10.9. The van der Waals surface area contributed by atoms with Gasteiger partial charge in [-0.3, -0.25) is 4.99 Å². The van der Waals surface area contributed by atoms with Gasteiger partial charge in [0, 0.05) is 23.5 Å². The molecule has 0 radical (unpaired) electrons. The lowest BCUT2D eigenvalue weighted by Crippen LogP contribution is -2.30. The van der Waals surface area contributed by atoms with Gasteiger partial charge in [-0.05, 0) is 77.0 Å². The molecular weight excluding hydrogens is 360 g/mol. The van der Waals surface area contributed by atoms with E-state index >= 15 is 0 Å². The van der Waals surface area contributed by atoms with Gasteiger partial charge >= 0.3 is 0 Å². The molecule has 2 rings (SSSR count). The SMILES string of the molecule is CC(C)=CCC/C(C)=C/CCC(C)CCSc1ccccc1C1=NCCCN1. The molecule has 0 fully saturated rings.